The molecule has 0 aliphatic heterocycles. The monoisotopic (exact) mass is 1070 g/mol. The van der Waals surface area contributed by atoms with Crippen molar-refractivity contribution in [2.24, 2.45) is 0 Å². The minimum absolute atomic E-state index is 0.149. The number of unbranched alkanes of at least 4 members (excludes halogenated alkanes) is 31. The molecule has 0 fully saturated rings. The molecule has 0 aromatic carbocycles. The molecule has 0 N–H and O–H groups in total. The number of carbonyl (C=O) groups is 3. The fourth-order valence-corrected chi connectivity index (χ4v) is 8.89. The van der Waals surface area contributed by atoms with Crippen LogP contribution in [0.5, 0.6) is 0 Å². The first-order chi connectivity index (χ1) is 37.1. The first kappa shape index (κ1) is 72.7. The number of nitrogens with zero attached hydrogens (tertiary/aromatic N) is 1. The summed E-state index contributed by atoms with van der Waals surface area (Å²) in [5.74, 6) is -2.27. The van der Waals surface area contributed by atoms with Gasteiger partial charge in [-0.25, -0.2) is 0 Å². The topological polar surface area (TPSA) is 111 Å². The number of ether oxygens (including phenoxy) is 4. The number of carboxylic acid groups (broad SMARTS) is 1. The van der Waals surface area contributed by atoms with Crippen LogP contribution in [0.3, 0.4) is 0 Å². The summed E-state index contributed by atoms with van der Waals surface area (Å²) in [5.41, 5.74) is 0. The number of carbonyl (C=O) groups excluding carboxylic acids is 3. The lowest BCUT2D eigenvalue weighted by molar-refractivity contribution is -0.870. The van der Waals surface area contributed by atoms with Gasteiger partial charge in [-0.3, -0.25) is 9.59 Å². The first-order valence-electron chi connectivity index (χ1n) is 31.6. The molecular formula is C67H119NO8. The normalized spacial score (nSPS) is 13.2. The van der Waals surface area contributed by atoms with E-state index in [0.717, 1.165) is 70.6 Å². The van der Waals surface area contributed by atoms with E-state index in [4.69, 9.17) is 18.9 Å². The Morgan fingerprint density at radius 3 is 1.12 bits per heavy atom. The molecule has 0 aliphatic rings. The molecule has 0 rings (SSSR count). The third-order valence-corrected chi connectivity index (χ3v) is 13.7. The molecule has 0 aliphatic carbocycles. The summed E-state index contributed by atoms with van der Waals surface area (Å²) in [7, 11) is 5.93. The van der Waals surface area contributed by atoms with Gasteiger partial charge in [-0.05, 0) is 64.2 Å². The number of likely N-dealkylation sites (N-methyl/N-ethyl adjacent to an activating group) is 1. The Labute approximate surface area is 468 Å². The second-order valence-corrected chi connectivity index (χ2v) is 22.3. The number of hydrogen-bond donors (Lipinski definition) is 0. The third kappa shape index (κ3) is 58.4. The van der Waals surface area contributed by atoms with Crippen LogP contribution in [0.15, 0.2) is 72.9 Å². The lowest BCUT2D eigenvalue weighted by Crippen LogP contribution is -2.44. The number of aliphatic carboxylic acids is 1. The molecular weight excluding hydrogens is 947 g/mol. The quantitative estimate of drug-likeness (QED) is 0.0195. The predicted molar refractivity (Wildman–Crippen MR) is 320 cm³/mol. The van der Waals surface area contributed by atoms with Crippen LogP contribution in [0.2, 0.25) is 0 Å². The van der Waals surface area contributed by atoms with E-state index in [2.05, 4.69) is 86.8 Å². The van der Waals surface area contributed by atoms with Gasteiger partial charge in [-0.1, -0.05) is 273 Å². The molecule has 440 valence electrons. The number of carboxylic acids is 1. The molecule has 0 aromatic rings. The third-order valence-electron chi connectivity index (χ3n) is 13.7. The van der Waals surface area contributed by atoms with Gasteiger partial charge in [0.05, 0.1) is 40.3 Å². The summed E-state index contributed by atoms with van der Waals surface area (Å²) >= 11 is 0. The molecule has 2 atom stereocenters. The molecule has 9 heteroatoms. The van der Waals surface area contributed by atoms with Crippen LogP contribution in [-0.4, -0.2) is 82.3 Å². The Kier molecular flexibility index (Phi) is 55.4. The Morgan fingerprint density at radius 2 is 0.750 bits per heavy atom. The highest BCUT2D eigenvalue weighted by molar-refractivity contribution is 5.70. The van der Waals surface area contributed by atoms with Gasteiger partial charge in [0.15, 0.2) is 12.4 Å². The van der Waals surface area contributed by atoms with Crippen molar-refractivity contribution in [3.05, 3.63) is 72.9 Å². The number of allylic oxidation sites excluding steroid dienone is 12. The van der Waals surface area contributed by atoms with E-state index in [1.807, 2.05) is 21.1 Å². The van der Waals surface area contributed by atoms with E-state index in [1.165, 1.54) is 173 Å². The van der Waals surface area contributed by atoms with Gasteiger partial charge in [0.2, 0.25) is 0 Å². The molecule has 0 aromatic heterocycles. The zero-order valence-electron chi connectivity index (χ0n) is 50.1. The van der Waals surface area contributed by atoms with Crippen molar-refractivity contribution in [1.29, 1.82) is 0 Å². The van der Waals surface area contributed by atoms with E-state index in [0.29, 0.717) is 23.9 Å². The van der Waals surface area contributed by atoms with Gasteiger partial charge in [-0.2, -0.15) is 0 Å². The minimum Gasteiger partial charge on any atom is -0.545 e. The largest absolute Gasteiger partial charge is 0.545 e. The fraction of sp³-hybridized carbons (Fsp3) is 0.776. The van der Waals surface area contributed by atoms with E-state index >= 15 is 0 Å². The van der Waals surface area contributed by atoms with Crippen molar-refractivity contribution in [1.82, 2.24) is 0 Å². The number of hydrogen-bond acceptors (Lipinski definition) is 8. The Morgan fingerprint density at radius 1 is 0.408 bits per heavy atom. The molecule has 9 nitrogen and oxygen atoms in total. The maximum Gasteiger partial charge on any atom is 0.306 e. The maximum absolute atomic E-state index is 12.9. The zero-order chi connectivity index (χ0) is 55.5. The molecule has 0 saturated carbocycles. The molecule has 0 radical (unpaired) electrons. The van der Waals surface area contributed by atoms with Crippen LogP contribution in [0.4, 0.5) is 0 Å². The second kappa shape index (κ2) is 57.9. The summed E-state index contributed by atoms with van der Waals surface area (Å²) in [6.07, 6.45) is 72.6. The number of rotatable bonds is 58. The van der Waals surface area contributed by atoms with Crippen LogP contribution >= 0.6 is 0 Å². The van der Waals surface area contributed by atoms with Crippen LogP contribution < -0.4 is 5.11 Å². The Balaban J connectivity index is 4.03. The highest BCUT2D eigenvalue weighted by Gasteiger charge is 2.22. The fourth-order valence-electron chi connectivity index (χ4n) is 8.89. The second-order valence-electron chi connectivity index (χ2n) is 22.3. The summed E-state index contributed by atoms with van der Waals surface area (Å²) in [6.45, 7) is 4.66. The minimum atomic E-state index is -1.62. The lowest BCUT2D eigenvalue weighted by atomic mass is 10.0. The zero-order valence-corrected chi connectivity index (χ0v) is 50.1. The van der Waals surface area contributed by atoms with Crippen molar-refractivity contribution in [3.63, 3.8) is 0 Å². The van der Waals surface area contributed by atoms with Crippen molar-refractivity contribution >= 4 is 17.9 Å². The van der Waals surface area contributed by atoms with Gasteiger partial charge < -0.3 is 33.3 Å². The lowest BCUT2D eigenvalue weighted by Gasteiger charge is -2.26. The highest BCUT2D eigenvalue weighted by atomic mass is 16.7. The van der Waals surface area contributed by atoms with Crippen LogP contribution in [0, 0.1) is 0 Å². The average molecular weight is 1070 g/mol. The van der Waals surface area contributed by atoms with E-state index in [1.54, 1.807) is 0 Å². The SMILES string of the molecule is CC/C=C\C/C=C\C/C=C\C/C=C\C/C=C\C/C=C\CCCCCCCCCCCCCCCCCCCCC(=O)OC(COC(=O)CCCCCCCCCCCCCCCC)COC(OCC[N+](C)(C)C)C(=O)[O-]. The smallest absolute Gasteiger partial charge is 0.306 e. The van der Waals surface area contributed by atoms with Crippen molar-refractivity contribution in [2.75, 3.05) is 47.5 Å². The summed E-state index contributed by atoms with van der Waals surface area (Å²) in [5, 5.41) is 11.8. The van der Waals surface area contributed by atoms with Gasteiger partial charge in [-0.15, -0.1) is 0 Å². The Bertz CT molecular complexity index is 1470. The molecule has 0 spiro atoms. The first-order valence-corrected chi connectivity index (χ1v) is 31.6. The highest BCUT2D eigenvalue weighted by Crippen LogP contribution is 2.17. The van der Waals surface area contributed by atoms with Crippen LogP contribution in [-0.2, 0) is 33.3 Å². The molecule has 0 heterocycles. The van der Waals surface area contributed by atoms with E-state index in [9.17, 15) is 19.5 Å². The maximum atomic E-state index is 12.9. The molecule has 0 bridgehead atoms. The van der Waals surface area contributed by atoms with Crippen molar-refractivity contribution < 1.29 is 42.9 Å². The van der Waals surface area contributed by atoms with Crippen LogP contribution in [0.1, 0.15) is 277 Å². The molecule has 0 saturated heterocycles. The molecule has 76 heavy (non-hydrogen) atoms. The van der Waals surface area contributed by atoms with Crippen LogP contribution in [0.25, 0.3) is 0 Å². The predicted octanol–water partition coefficient (Wildman–Crippen LogP) is 17.6. The number of esters is 2. The average Bonchev–Trinajstić information content (AvgIpc) is 3.39. The summed E-state index contributed by atoms with van der Waals surface area (Å²) in [4.78, 5) is 37.3. The summed E-state index contributed by atoms with van der Waals surface area (Å²) < 4.78 is 22.7. The van der Waals surface area contributed by atoms with E-state index in [-0.39, 0.29) is 32.2 Å². The van der Waals surface area contributed by atoms with Gasteiger partial charge in [0, 0.05) is 12.8 Å². The standard InChI is InChI=1S/C67H119NO8/c1-6-8-10-12-14-16-18-20-22-23-24-25-26-27-28-29-30-31-32-33-34-35-36-37-38-39-40-41-42-43-44-46-48-50-52-54-56-58-65(70)76-63(62-75-67(66(71)72)73-60-59-68(3,4)5)61-74-64(69)57-55-53-51-49-47-45-21-19-17-15-13-11-9-7-2/h8,10,14,16,20,22,24-25,27-28,30-31,63,67H,6-7,9,11-13,15,17-19,21,23,26,29,32-62H2,1-5H3/b10-8-,16-14-,22-20-,25-24-,28-27-,31-30-. The number of quaternary nitrogens is 1. The van der Waals surface area contributed by atoms with Gasteiger partial charge >= 0.3 is 11.9 Å². The molecule has 0 amide bonds. The van der Waals surface area contributed by atoms with Crippen molar-refractivity contribution in [3.8, 4) is 0 Å². The van der Waals surface area contributed by atoms with Gasteiger partial charge in [0.1, 0.15) is 13.2 Å². The molecule has 2 unspecified atom stereocenters. The van der Waals surface area contributed by atoms with Crippen molar-refractivity contribution in [2.45, 2.75) is 289 Å². The van der Waals surface area contributed by atoms with E-state index < -0.39 is 24.3 Å². The Hall–Kier alpha value is -3.27. The van der Waals surface area contributed by atoms with Gasteiger partial charge in [0.25, 0.3) is 0 Å². The summed E-state index contributed by atoms with van der Waals surface area (Å²) in [6, 6.07) is 0.